The summed E-state index contributed by atoms with van der Waals surface area (Å²) in [4.78, 5) is 17.4. The first-order valence-electron chi connectivity index (χ1n) is 6.05. The topological polar surface area (TPSA) is 92.0 Å². The average molecular weight is 364 g/mol. The van der Waals surface area contributed by atoms with E-state index in [2.05, 4.69) is 9.97 Å². The Kier molecular flexibility index (Phi) is 5.44. The number of aromatic carboxylic acids is 1. The van der Waals surface area contributed by atoms with Crippen LogP contribution in [0.3, 0.4) is 0 Å². The van der Waals surface area contributed by atoms with Crippen LogP contribution >= 0.6 is 11.6 Å². The summed E-state index contributed by atoms with van der Waals surface area (Å²) in [6, 6.07) is 4.50. The van der Waals surface area contributed by atoms with Gasteiger partial charge in [0.25, 0.3) is 0 Å². The molecule has 0 radical (unpaired) electrons. The van der Waals surface area contributed by atoms with E-state index in [0.717, 1.165) is 0 Å². The maximum Gasteiger partial charge on any atom is 1.00 e. The van der Waals surface area contributed by atoms with Crippen LogP contribution in [0, 0.1) is 11.6 Å². The van der Waals surface area contributed by atoms with Crippen LogP contribution in [-0.2, 0) is 0 Å². The zero-order valence-corrected chi connectivity index (χ0v) is 15.7. The Labute approximate surface area is 177 Å². The van der Waals surface area contributed by atoms with E-state index in [4.69, 9.17) is 22.4 Å². The number of aromatic nitrogens is 2. The van der Waals surface area contributed by atoms with Gasteiger partial charge in [-0.25, -0.2) is 18.6 Å². The molecule has 2 aromatic heterocycles. The van der Waals surface area contributed by atoms with Gasteiger partial charge in [0.2, 0.25) is 0 Å². The number of nitrogen functional groups attached to an aromatic ring is 1. The van der Waals surface area contributed by atoms with Gasteiger partial charge in [0.15, 0.2) is 17.3 Å². The van der Waals surface area contributed by atoms with Gasteiger partial charge in [-0.2, -0.15) is 0 Å². The number of anilines is 1. The monoisotopic (exact) mass is 363 g/mol. The van der Waals surface area contributed by atoms with Crippen molar-refractivity contribution in [2.45, 2.75) is 0 Å². The molecule has 0 spiro atoms. The van der Waals surface area contributed by atoms with Gasteiger partial charge in [-0.1, -0.05) is 17.7 Å². The maximum absolute atomic E-state index is 14.5. The minimum Gasteiger partial charge on any atom is -1.00 e. The third kappa shape index (κ3) is 3.02. The zero-order chi connectivity index (χ0) is 16.0. The van der Waals surface area contributed by atoms with E-state index in [-0.39, 0.29) is 63.9 Å². The first-order valence-corrected chi connectivity index (χ1v) is 6.43. The van der Waals surface area contributed by atoms with Crippen molar-refractivity contribution in [3.63, 3.8) is 0 Å². The van der Waals surface area contributed by atoms with Gasteiger partial charge < -0.3 is 17.3 Å². The van der Waals surface area contributed by atoms with Crippen LogP contribution in [0.2, 0.25) is 5.02 Å². The van der Waals surface area contributed by atoms with E-state index in [1.54, 1.807) is 12.1 Å². The molecule has 4 N–H and O–H groups in total. The molecule has 0 aliphatic rings. The summed E-state index contributed by atoms with van der Waals surface area (Å²) in [5, 5.41) is 9.10. The number of aromatic amines is 1. The summed E-state index contributed by atoms with van der Waals surface area (Å²) in [6.07, 6.45) is 1.53. The van der Waals surface area contributed by atoms with Crippen molar-refractivity contribution in [2.24, 2.45) is 0 Å². The fourth-order valence-electron chi connectivity index (χ4n) is 2.16. The molecule has 0 amide bonds. The number of carboxylic acid groups (broad SMARTS) is 1. The van der Waals surface area contributed by atoms with Gasteiger partial charge >= 0.3 is 57.4 Å². The number of hydrogen-bond donors (Lipinski definition) is 3. The molecule has 9 heteroatoms. The first kappa shape index (κ1) is 18.3. The molecule has 114 valence electrons. The summed E-state index contributed by atoms with van der Waals surface area (Å²) in [6.45, 7) is 0. The minimum absolute atomic E-state index is 0. The molecule has 3 aromatic rings. The number of carbonyl (C=O) groups is 1. The predicted molar refractivity (Wildman–Crippen MR) is 78.9 cm³/mol. The SMILES string of the molecule is Nc1c(F)c(-c2ccc3cc[nH]c3c2F)nc(C(=O)O)c1Cl.[H-].[K+]. The van der Waals surface area contributed by atoms with Crippen LogP contribution in [0.15, 0.2) is 24.4 Å². The number of rotatable bonds is 2. The maximum atomic E-state index is 14.5. The minimum atomic E-state index is -1.49. The molecule has 23 heavy (non-hydrogen) atoms. The average Bonchev–Trinajstić information content (AvgIpc) is 2.95. The van der Waals surface area contributed by atoms with Gasteiger partial charge in [0.05, 0.1) is 16.2 Å². The van der Waals surface area contributed by atoms with Crippen LogP contribution in [0.4, 0.5) is 14.5 Å². The fourth-order valence-corrected chi connectivity index (χ4v) is 2.36. The number of pyridine rings is 1. The summed E-state index contributed by atoms with van der Waals surface area (Å²) in [7, 11) is 0. The largest absolute Gasteiger partial charge is 1.00 e. The number of nitrogens with zero attached hydrogens (tertiary/aromatic N) is 1. The van der Waals surface area contributed by atoms with Crippen molar-refractivity contribution in [3.8, 4) is 11.3 Å². The zero-order valence-electron chi connectivity index (χ0n) is 12.8. The summed E-state index contributed by atoms with van der Waals surface area (Å²) in [5.74, 6) is -3.31. The van der Waals surface area contributed by atoms with E-state index in [9.17, 15) is 13.6 Å². The number of carboxylic acids is 1. The summed E-state index contributed by atoms with van der Waals surface area (Å²) in [5.41, 5.74) is 3.68. The molecule has 0 fully saturated rings. The number of nitrogens with one attached hydrogen (secondary N) is 1. The van der Waals surface area contributed by atoms with E-state index < -0.39 is 39.7 Å². The molecule has 0 unspecified atom stereocenters. The summed E-state index contributed by atoms with van der Waals surface area (Å²) >= 11 is 5.66. The molecule has 1 aromatic carbocycles. The van der Waals surface area contributed by atoms with Crippen molar-refractivity contribution in [2.75, 3.05) is 5.73 Å². The normalized spacial score (nSPS) is 10.6. The molecule has 3 rings (SSSR count). The molecule has 2 heterocycles. The Hall–Kier alpha value is -1.03. The molecular formula is C14H9ClF2KN3O2. The van der Waals surface area contributed by atoms with Gasteiger partial charge in [0, 0.05) is 17.1 Å². The van der Waals surface area contributed by atoms with Crippen molar-refractivity contribution in [3.05, 3.63) is 46.7 Å². The van der Waals surface area contributed by atoms with Crippen LogP contribution in [-0.4, -0.2) is 21.0 Å². The molecule has 0 bridgehead atoms. The van der Waals surface area contributed by atoms with Crippen LogP contribution in [0.1, 0.15) is 11.9 Å². The quantitative estimate of drug-likeness (QED) is 0.580. The molecule has 0 saturated carbocycles. The van der Waals surface area contributed by atoms with Crippen molar-refractivity contribution < 1.29 is 71.5 Å². The van der Waals surface area contributed by atoms with Crippen molar-refractivity contribution in [1.82, 2.24) is 9.97 Å². The Morgan fingerprint density at radius 1 is 1.30 bits per heavy atom. The Bertz CT molecular complexity index is 936. The molecule has 0 atom stereocenters. The van der Waals surface area contributed by atoms with Crippen molar-refractivity contribution in [1.29, 1.82) is 0 Å². The molecule has 0 aliphatic carbocycles. The molecule has 0 aliphatic heterocycles. The van der Waals surface area contributed by atoms with Crippen molar-refractivity contribution >= 4 is 34.2 Å². The number of fused-ring (bicyclic) bond motifs is 1. The Morgan fingerprint density at radius 3 is 2.65 bits per heavy atom. The molecule has 0 saturated heterocycles. The second-order valence-electron chi connectivity index (χ2n) is 4.52. The molecular weight excluding hydrogens is 355 g/mol. The molecule has 5 nitrogen and oxygen atoms in total. The third-order valence-corrected chi connectivity index (χ3v) is 3.62. The summed E-state index contributed by atoms with van der Waals surface area (Å²) < 4.78 is 28.7. The second kappa shape index (κ2) is 6.84. The first-order chi connectivity index (χ1) is 10.4. The second-order valence-corrected chi connectivity index (χ2v) is 4.90. The van der Waals surface area contributed by atoms with Gasteiger partial charge in [-0.15, -0.1) is 0 Å². The predicted octanol–water partition coefficient (Wildman–Crippen LogP) is 0.558. The smallest absolute Gasteiger partial charge is 1.00 e. The Balaban J connectivity index is 0.00000144. The van der Waals surface area contributed by atoms with Crippen LogP contribution in [0.25, 0.3) is 22.2 Å². The number of H-pyrrole nitrogens is 1. The van der Waals surface area contributed by atoms with E-state index in [0.29, 0.717) is 5.39 Å². The third-order valence-electron chi connectivity index (χ3n) is 3.23. The number of benzene rings is 1. The van der Waals surface area contributed by atoms with E-state index >= 15 is 0 Å². The number of halogens is 3. The Morgan fingerprint density at radius 2 is 2.00 bits per heavy atom. The standard InChI is InChI=1S/C14H8ClF2N3O2.K.H/c15-7-10(18)9(17)12(20-13(7)14(21)22)6-2-1-5-3-4-19-11(5)8(6)16;;/h1-4,19H,(H2,18,20)(H,21,22);;/q;+1;-1. The fraction of sp³-hybridized carbons (Fsp3) is 0. The van der Waals surface area contributed by atoms with E-state index in [1.807, 2.05) is 0 Å². The number of hydrogen-bond acceptors (Lipinski definition) is 3. The number of nitrogens with two attached hydrogens (primary N) is 1. The van der Waals surface area contributed by atoms with E-state index in [1.165, 1.54) is 12.3 Å². The van der Waals surface area contributed by atoms with Gasteiger partial charge in [0.1, 0.15) is 5.69 Å². The van der Waals surface area contributed by atoms with Crippen LogP contribution in [0.5, 0.6) is 0 Å². The van der Waals surface area contributed by atoms with Crippen LogP contribution < -0.4 is 57.1 Å². The van der Waals surface area contributed by atoms with Gasteiger partial charge in [-0.3, -0.25) is 0 Å². The van der Waals surface area contributed by atoms with Gasteiger partial charge in [-0.05, 0) is 12.1 Å².